The Morgan fingerprint density at radius 1 is 1.05 bits per heavy atom. The second kappa shape index (κ2) is 7.44. The zero-order chi connectivity index (χ0) is 15.1. The van der Waals surface area contributed by atoms with Gasteiger partial charge in [-0.2, -0.15) is 11.3 Å². The first-order chi connectivity index (χ1) is 10.2. The number of hydrogen-bond acceptors (Lipinski definition) is 3. The minimum Gasteiger partial charge on any atom is -0.341 e. The van der Waals surface area contributed by atoms with E-state index >= 15 is 0 Å². The Morgan fingerprint density at radius 2 is 1.71 bits per heavy atom. The first-order valence-electron chi connectivity index (χ1n) is 6.57. The van der Waals surface area contributed by atoms with Gasteiger partial charge in [0.15, 0.2) is 0 Å². The summed E-state index contributed by atoms with van der Waals surface area (Å²) in [5, 5.41) is 12.0. The molecule has 1 heterocycles. The third-order valence-electron chi connectivity index (χ3n) is 2.87. The molecule has 2 rings (SSSR count). The Kier molecular flexibility index (Phi) is 5.34. The monoisotopic (exact) mass is 303 g/mol. The molecule has 0 unspecified atom stereocenters. The summed E-state index contributed by atoms with van der Waals surface area (Å²) >= 11 is 1.63. The highest BCUT2D eigenvalue weighted by Gasteiger charge is 2.04. The van der Waals surface area contributed by atoms with Gasteiger partial charge in [0.25, 0.3) is 0 Å². The average molecular weight is 303 g/mol. The largest absolute Gasteiger partial charge is 0.341 e. The molecule has 0 bridgehead atoms. The van der Waals surface area contributed by atoms with Crippen LogP contribution in [-0.4, -0.2) is 19.0 Å². The van der Waals surface area contributed by atoms with Gasteiger partial charge < -0.3 is 16.0 Å². The number of aryl methyl sites for hydroxylation is 1. The lowest BCUT2D eigenvalue weighted by Crippen LogP contribution is -2.24. The van der Waals surface area contributed by atoms with Gasteiger partial charge >= 0.3 is 6.03 Å². The van der Waals surface area contributed by atoms with Crippen LogP contribution in [0, 0.1) is 0 Å². The van der Waals surface area contributed by atoms with Crippen molar-refractivity contribution in [3.63, 3.8) is 0 Å². The first-order valence-corrected chi connectivity index (χ1v) is 7.51. The third-order valence-corrected chi connectivity index (χ3v) is 3.61. The predicted octanol–water partition coefficient (Wildman–Crippen LogP) is 3.07. The number of thiophene rings is 1. The first kappa shape index (κ1) is 15.1. The minimum atomic E-state index is -0.275. The molecule has 0 radical (unpaired) electrons. The summed E-state index contributed by atoms with van der Waals surface area (Å²) in [6.07, 6.45) is 1.20. The minimum absolute atomic E-state index is 0.0202. The van der Waals surface area contributed by atoms with Crippen LogP contribution in [0.1, 0.15) is 12.0 Å². The van der Waals surface area contributed by atoms with Gasteiger partial charge in [0.2, 0.25) is 5.91 Å². The highest BCUT2D eigenvalue weighted by atomic mass is 32.1. The maximum Gasteiger partial charge on any atom is 0.318 e. The van der Waals surface area contributed by atoms with Crippen molar-refractivity contribution in [1.82, 2.24) is 5.32 Å². The van der Waals surface area contributed by atoms with Crippen LogP contribution < -0.4 is 16.0 Å². The van der Waals surface area contributed by atoms with E-state index in [9.17, 15) is 9.59 Å². The summed E-state index contributed by atoms with van der Waals surface area (Å²) in [6, 6.07) is 8.74. The fourth-order valence-electron chi connectivity index (χ4n) is 1.75. The van der Waals surface area contributed by atoms with E-state index in [2.05, 4.69) is 16.0 Å². The predicted molar refractivity (Wildman–Crippen MR) is 85.8 cm³/mol. The SMILES string of the molecule is CNC(=O)Nc1ccc(NC(=O)CCc2ccsc2)cc1. The van der Waals surface area contributed by atoms with Gasteiger partial charge in [-0.3, -0.25) is 4.79 Å². The Bertz CT molecular complexity index is 594. The van der Waals surface area contributed by atoms with Crippen LogP contribution in [-0.2, 0) is 11.2 Å². The lowest BCUT2D eigenvalue weighted by molar-refractivity contribution is -0.116. The van der Waals surface area contributed by atoms with Gasteiger partial charge in [-0.15, -0.1) is 0 Å². The van der Waals surface area contributed by atoms with E-state index in [1.165, 1.54) is 5.56 Å². The fourth-order valence-corrected chi connectivity index (χ4v) is 2.45. The van der Waals surface area contributed by atoms with Gasteiger partial charge in [0, 0.05) is 24.8 Å². The maximum atomic E-state index is 11.8. The molecule has 3 N–H and O–H groups in total. The number of carbonyl (C=O) groups is 2. The number of nitrogens with one attached hydrogen (secondary N) is 3. The lowest BCUT2D eigenvalue weighted by atomic mass is 10.2. The van der Waals surface area contributed by atoms with Crippen LogP contribution in [0.4, 0.5) is 16.2 Å². The van der Waals surface area contributed by atoms with E-state index in [0.29, 0.717) is 17.8 Å². The maximum absolute atomic E-state index is 11.8. The molecule has 1 aromatic heterocycles. The average Bonchev–Trinajstić information content (AvgIpc) is 3.00. The van der Waals surface area contributed by atoms with Crippen molar-refractivity contribution in [2.45, 2.75) is 12.8 Å². The summed E-state index contributed by atoms with van der Waals surface area (Å²) < 4.78 is 0. The summed E-state index contributed by atoms with van der Waals surface area (Å²) in [5.41, 5.74) is 2.57. The molecular formula is C15H17N3O2S. The molecule has 110 valence electrons. The molecule has 5 nitrogen and oxygen atoms in total. The van der Waals surface area contributed by atoms with E-state index in [-0.39, 0.29) is 11.9 Å². The molecule has 1 aromatic carbocycles. The zero-order valence-corrected chi connectivity index (χ0v) is 12.5. The molecule has 0 aliphatic heterocycles. The van der Waals surface area contributed by atoms with Crippen molar-refractivity contribution < 1.29 is 9.59 Å². The number of benzene rings is 1. The summed E-state index contributed by atoms with van der Waals surface area (Å²) in [4.78, 5) is 23.0. The molecule has 0 spiro atoms. The van der Waals surface area contributed by atoms with Crippen LogP contribution in [0.5, 0.6) is 0 Å². The summed E-state index contributed by atoms with van der Waals surface area (Å²) in [7, 11) is 1.55. The Balaban J connectivity index is 1.82. The van der Waals surface area contributed by atoms with Crippen molar-refractivity contribution in [2.75, 3.05) is 17.7 Å². The molecule has 6 heteroatoms. The molecule has 21 heavy (non-hydrogen) atoms. The number of anilines is 2. The van der Waals surface area contributed by atoms with Crippen LogP contribution in [0.2, 0.25) is 0 Å². The van der Waals surface area contributed by atoms with E-state index in [1.54, 1.807) is 42.6 Å². The Labute approximate surface area is 127 Å². The smallest absolute Gasteiger partial charge is 0.318 e. The van der Waals surface area contributed by atoms with E-state index in [0.717, 1.165) is 6.42 Å². The van der Waals surface area contributed by atoms with E-state index < -0.39 is 0 Å². The second-order valence-corrected chi connectivity index (χ2v) is 5.24. The highest BCUT2D eigenvalue weighted by molar-refractivity contribution is 7.07. The van der Waals surface area contributed by atoms with Crippen LogP contribution >= 0.6 is 11.3 Å². The van der Waals surface area contributed by atoms with Crippen LogP contribution in [0.15, 0.2) is 41.1 Å². The normalized spacial score (nSPS) is 9.95. The van der Waals surface area contributed by atoms with E-state index in [4.69, 9.17) is 0 Å². The zero-order valence-electron chi connectivity index (χ0n) is 11.7. The van der Waals surface area contributed by atoms with Gasteiger partial charge in [0.05, 0.1) is 0 Å². The van der Waals surface area contributed by atoms with E-state index in [1.807, 2.05) is 16.8 Å². The molecule has 0 aliphatic rings. The van der Waals surface area contributed by atoms with Crippen molar-refractivity contribution in [2.24, 2.45) is 0 Å². The van der Waals surface area contributed by atoms with Crippen molar-refractivity contribution in [1.29, 1.82) is 0 Å². The molecule has 0 saturated carbocycles. The topological polar surface area (TPSA) is 70.2 Å². The molecular weight excluding hydrogens is 286 g/mol. The molecule has 0 saturated heterocycles. The molecule has 0 atom stereocenters. The second-order valence-electron chi connectivity index (χ2n) is 4.46. The third kappa shape index (κ3) is 4.92. The van der Waals surface area contributed by atoms with Crippen molar-refractivity contribution in [3.8, 4) is 0 Å². The Morgan fingerprint density at radius 3 is 2.29 bits per heavy atom. The number of hydrogen-bond donors (Lipinski definition) is 3. The highest BCUT2D eigenvalue weighted by Crippen LogP contribution is 2.14. The number of rotatable bonds is 5. The quantitative estimate of drug-likeness (QED) is 0.794. The van der Waals surface area contributed by atoms with Crippen molar-refractivity contribution in [3.05, 3.63) is 46.7 Å². The lowest BCUT2D eigenvalue weighted by Gasteiger charge is -2.07. The molecule has 2 aromatic rings. The number of urea groups is 1. The number of amides is 3. The van der Waals surface area contributed by atoms with Crippen LogP contribution in [0.25, 0.3) is 0 Å². The molecule has 0 fully saturated rings. The number of carbonyl (C=O) groups excluding carboxylic acids is 2. The standard InChI is InChI=1S/C15H17N3O2S/c1-16-15(20)18-13-5-3-12(4-6-13)17-14(19)7-2-11-8-9-21-10-11/h3-6,8-10H,2,7H2,1H3,(H,17,19)(H2,16,18,20). The molecule has 0 aliphatic carbocycles. The van der Waals surface area contributed by atoms with Gasteiger partial charge in [0.1, 0.15) is 0 Å². The Hall–Kier alpha value is -2.34. The van der Waals surface area contributed by atoms with Gasteiger partial charge in [-0.25, -0.2) is 4.79 Å². The summed E-state index contributed by atoms with van der Waals surface area (Å²) in [6.45, 7) is 0. The van der Waals surface area contributed by atoms with Crippen molar-refractivity contribution >= 4 is 34.6 Å². The fraction of sp³-hybridized carbons (Fsp3) is 0.200. The summed E-state index contributed by atoms with van der Waals surface area (Å²) in [5.74, 6) is -0.0202. The van der Waals surface area contributed by atoms with Gasteiger partial charge in [-0.05, 0) is 53.1 Å². The van der Waals surface area contributed by atoms with Crippen LogP contribution in [0.3, 0.4) is 0 Å². The molecule has 3 amide bonds. The van der Waals surface area contributed by atoms with Gasteiger partial charge in [-0.1, -0.05) is 0 Å².